The van der Waals surface area contributed by atoms with Gasteiger partial charge < -0.3 is 14.6 Å². The topological polar surface area (TPSA) is 122 Å². The van der Waals surface area contributed by atoms with Crippen LogP contribution in [0.4, 0.5) is 10.1 Å². The Labute approximate surface area is 256 Å². The van der Waals surface area contributed by atoms with Crippen LogP contribution < -0.4 is 10.5 Å². The van der Waals surface area contributed by atoms with Crippen LogP contribution in [-0.4, -0.2) is 71.0 Å². The zero-order valence-corrected chi connectivity index (χ0v) is 25.0. The molecule has 5 rings (SSSR count). The first kappa shape index (κ1) is 31.0. The number of rotatable bonds is 8. The number of fused-ring (bicyclic) bond motifs is 1. The number of carbonyl (C=O) groups is 1. The third-order valence-corrected chi connectivity index (χ3v) is 8.25. The standard InChI is InChI=1S/C32H32FN5O5S/c1-22(2)30(32(40)41)38(44(42)43)37-17-15-35(16-18-37)27-12-7-23(8-13-27)3-4-24-9-14-29-28(19-24)31(39)36(21-34-29)20-25-5-10-26(33)11-6-25/h5-14,19,21-22,30H,15-18,20H2,1-2H3,(H,40,41)(H,42,43)/p-1. The summed E-state index contributed by atoms with van der Waals surface area (Å²) in [5.41, 5.74) is 3.53. The Balaban J connectivity index is 1.26. The molecule has 1 N–H and O–H groups in total. The van der Waals surface area contributed by atoms with E-state index in [1.807, 2.05) is 30.3 Å². The molecule has 1 fully saturated rings. The van der Waals surface area contributed by atoms with Crippen molar-refractivity contribution >= 4 is 33.8 Å². The lowest BCUT2D eigenvalue weighted by atomic mass is 10.1. The number of benzene rings is 3. The molecule has 0 radical (unpaired) electrons. The van der Waals surface area contributed by atoms with Crippen molar-refractivity contribution in [2.24, 2.45) is 5.92 Å². The van der Waals surface area contributed by atoms with E-state index in [1.54, 1.807) is 43.1 Å². The summed E-state index contributed by atoms with van der Waals surface area (Å²) in [6.45, 7) is 5.40. The molecule has 0 saturated carbocycles. The Bertz CT molecular complexity index is 1790. The van der Waals surface area contributed by atoms with E-state index in [2.05, 4.69) is 21.7 Å². The van der Waals surface area contributed by atoms with Crippen molar-refractivity contribution < 1.29 is 23.1 Å². The third-order valence-electron chi connectivity index (χ3n) is 7.48. The summed E-state index contributed by atoms with van der Waals surface area (Å²) in [6, 6.07) is 17.8. The summed E-state index contributed by atoms with van der Waals surface area (Å²) in [4.78, 5) is 31.4. The SMILES string of the molecule is CC(C)C(C(=O)O)N(N1CCN(c2ccc(C#Cc3ccc4ncn(Cc5ccc(F)cc5)c(=O)c4c3)cc2)CC1)S(=O)[O-]. The van der Waals surface area contributed by atoms with Crippen molar-refractivity contribution in [3.05, 3.63) is 106 Å². The van der Waals surface area contributed by atoms with Crippen LogP contribution in [0.5, 0.6) is 0 Å². The maximum Gasteiger partial charge on any atom is 0.323 e. The van der Waals surface area contributed by atoms with E-state index in [9.17, 15) is 27.8 Å². The van der Waals surface area contributed by atoms with E-state index in [0.29, 0.717) is 42.6 Å². The Morgan fingerprint density at radius 2 is 1.66 bits per heavy atom. The predicted molar refractivity (Wildman–Crippen MR) is 165 cm³/mol. The number of piperazine rings is 1. The van der Waals surface area contributed by atoms with Crippen LogP contribution in [0.1, 0.15) is 30.5 Å². The lowest BCUT2D eigenvalue weighted by Gasteiger charge is -2.45. The normalized spacial score (nSPS) is 15.3. The molecular weight excluding hydrogens is 585 g/mol. The molecule has 2 atom stereocenters. The highest BCUT2D eigenvalue weighted by Crippen LogP contribution is 2.22. The minimum Gasteiger partial charge on any atom is -0.759 e. The van der Waals surface area contributed by atoms with E-state index < -0.39 is 29.2 Å². The number of carboxylic acid groups (broad SMARTS) is 1. The molecule has 12 heteroatoms. The van der Waals surface area contributed by atoms with Gasteiger partial charge in [0, 0.05) is 54.3 Å². The van der Waals surface area contributed by atoms with Crippen LogP contribution in [0.2, 0.25) is 0 Å². The molecule has 0 amide bonds. The summed E-state index contributed by atoms with van der Waals surface area (Å²) in [5.74, 6) is 4.33. The van der Waals surface area contributed by atoms with Gasteiger partial charge in [-0.3, -0.25) is 18.4 Å². The first-order valence-electron chi connectivity index (χ1n) is 14.1. The van der Waals surface area contributed by atoms with Crippen LogP contribution in [-0.2, 0) is 22.6 Å². The van der Waals surface area contributed by atoms with E-state index in [1.165, 1.54) is 23.0 Å². The van der Waals surface area contributed by atoms with Gasteiger partial charge in [0.2, 0.25) is 0 Å². The van der Waals surface area contributed by atoms with Gasteiger partial charge in [-0.15, -0.1) is 0 Å². The summed E-state index contributed by atoms with van der Waals surface area (Å²) >= 11 is -2.71. The Morgan fingerprint density at radius 3 is 2.27 bits per heavy atom. The highest BCUT2D eigenvalue weighted by atomic mass is 32.2. The fraction of sp³-hybridized carbons (Fsp3) is 0.281. The van der Waals surface area contributed by atoms with Gasteiger partial charge in [0.05, 0.1) is 23.8 Å². The summed E-state index contributed by atoms with van der Waals surface area (Å²) in [7, 11) is 0. The summed E-state index contributed by atoms with van der Waals surface area (Å²) < 4.78 is 39.6. The number of aliphatic carboxylic acids is 1. The fourth-order valence-corrected chi connectivity index (χ4v) is 6.06. The number of carboxylic acids is 1. The third kappa shape index (κ3) is 7.03. The number of aromatic nitrogens is 2. The smallest absolute Gasteiger partial charge is 0.323 e. The van der Waals surface area contributed by atoms with Crippen LogP contribution in [0.15, 0.2) is 77.9 Å². The number of hydrazine groups is 1. The Morgan fingerprint density at radius 1 is 1.02 bits per heavy atom. The molecule has 228 valence electrons. The van der Waals surface area contributed by atoms with Crippen molar-refractivity contribution in [3.63, 3.8) is 0 Å². The van der Waals surface area contributed by atoms with Gasteiger partial charge in [-0.05, 0) is 66.1 Å². The van der Waals surface area contributed by atoms with Crippen LogP contribution in [0, 0.1) is 23.6 Å². The van der Waals surface area contributed by atoms with Crippen molar-refractivity contribution in [2.75, 3.05) is 31.1 Å². The largest absolute Gasteiger partial charge is 0.759 e. The molecular formula is C32H31FN5O5S-. The summed E-state index contributed by atoms with van der Waals surface area (Å²) in [6.07, 6.45) is 1.49. The van der Waals surface area contributed by atoms with Gasteiger partial charge in [0.1, 0.15) is 11.9 Å². The molecule has 0 bridgehead atoms. The molecule has 10 nitrogen and oxygen atoms in total. The number of halogens is 1. The maximum atomic E-state index is 13.2. The van der Waals surface area contributed by atoms with Crippen molar-refractivity contribution in [3.8, 4) is 11.8 Å². The minimum absolute atomic E-state index is 0.209. The van der Waals surface area contributed by atoms with Gasteiger partial charge >= 0.3 is 5.97 Å². The van der Waals surface area contributed by atoms with E-state index in [-0.39, 0.29) is 17.9 Å². The summed E-state index contributed by atoms with van der Waals surface area (Å²) in [5, 5.41) is 11.6. The highest BCUT2D eigenvalue weighted by molar-refractivity contribution is 7.76. The van der Waals surface area contributed by atoms with Crippen LogP contribution >= 0.6 is 0 Å². The van der Waals surface area contributed by atoms with Gasteiger partial charge in [0.25, 0.3) is 5.56 Å². The first-order chi connectivity index (χ1) is 21.1. The monoisotopic (exact) mass is 616 g/mol. The number of anilines is 1. The minimum atomic E-state index is -2.71. The molecule has 1 aromatic heterocycles. The molecule has 3 aromatic carbocycles. The number of hydrogen-bond donors (Lipinski definition) is 1. The second-order valence-electron chi connectivity index (χ2n) is 10.8. The van der Waals surface area contributed by atoms with Crippen LogP contribution in [0.25, 0.3) is 10.9 Å². The average molecular weight is 617 g/mol. The number of hydrogen-bond acceptors (Lipinski definition) is 7. The second-order valence-corrected chi connectivity index (χ2v) is 11.6. The van der Waals surface area contributed by atoms with E-state index in [0.717, 1.165) is 21.2 Å². The van der Waals surface area contributed by atoms with Crippen molar-refractivity contribution in [1.82, 2.24) is 19.0 Å². The van der Waals surface area contributed by atoms with Crippen LogP contribution in [0.3, 0.4) is 0 Å². The lowest BCUT2D eigenvalue weighted by Crippen LogP contribution is -2.60. The fourth-order valence-electron chi connectivity index (χ4n) is 5.18. The second kappa shape index (κ2) is 13.5. The Hall–Kier alpha value is -4.41. The van der Waals surface area contributed by atoms with E-state index in [4.69, 9.17) is 0 Å². The quantitative estimate of drug-likeness (QED) is 0.237. The molecule has 1 aliphatic rings. The molecule has 1 saturated heterocycles. The number of nitrogens with zero attached hydrogens (tertiary/aromatic N) is 5. The molecule has 2 heterocycles. The predicted octanol–water partition coefficient (Wildman–Crippen LogP) is 3.23. The Kier molecular flexibility index (Phi) is 9.51. The molecule has 1 aliphatic heterocycles. The molecule has 2 unspecified atom stereocenters. The molecule has 0 aliphatic carbocycles. The van der Waals surface area contributed by atoms with Gasteiger partial charge in [-0.1, -0.05) is 37.8 Å². The zero-order chi connectivity index (χ0) is 31.4. The van der Waals surface area contributed by atoms with E-state index >= 15 is 0 Å². The lowest BCUT2D eigenvalue weighted by molar-refractivity contribution is -0.149. The maximum absolute atomic E-state index is 13.2. The zero-order valence-electron chi connectivity index (χ0n) is 24.2. The molecule has 0 spiro atoms. The van der Waals surface area contributed by atoms with Crippen molar-refractivity contribution in [1.29, 1.82) is 0 Å². The van der Waals surface area contributed by atoms with Crippen molar-refractivity contribution in [2.45, 2.75) is 26.4 Å². The van der Waals surface area contributed by atoms with Gasteiger partial charge in [-0.2, -0.15) is 4.41 Å². The molecule has 44 heavy (non-hydrogen) atoms. The van der Waals surface area contributed by atoms with Gasteiger partial charge in [0.15, 0.2) is 0 Å². The first-order valence-corrected chi connectivity index (χ1v) is 15.1. The molecule has 4 aromatic rings. The highest BCUT2D eigenvalue weighted by Gasteiger charge is 2.35. The average Bonchev–Trinajstić information content (AvgIpc) is 3.01. The van der Waals surface area contributed by atoms with Gasteiger partial charge in [-0.25, -0.2) is 14.4 Å².